The van der Waals surface area contributed by atoms with Crippen LogP contribution in [-0.2, 0) is 15.7 Å². The minimum absolute atomic E-state index is 0.382. The fourth-order valence-corrected chi connectivity index (χ4v) is 2.13. The Morgan fingerprint density at radius 1 is 1.25 bits per heavy atom. The zero-order chi connectivity index (χ0) is 15.1. The van der Waals surface area contributed by atoms with Gasteiger partial charge < -0.3 is 14.4 Å². The molecule has 20 heavy (non-hydrogen) atoms. The average Bonchev–Trinajstić information content (AvgIpc) is 2.50. The maximum atomic E-state index is 13.4. The third-order valence-electron chi connectivity index (χ3n) is 3.97. The van der Waals surface area contributed by atoms with E-state index in [1.54, 1.807) is 13.0 Å². The van der Waals surface area contributed by atoms with Crippen molar-refractivity contribution in [2.75, 3.05) is 0 Å². The summed E-state index contributed by atoms with van der Waals surface area (Å²) in [5.74, 6) is -0.580. The molecule has 1 fully saturated rings. The molecule has 0 aromatic carbocycles. The van der Waals surface area contributed by atoms with Crippen molar-refractivity contribution < 1.29 is 18.8 Å². The van der Waals surface area contributed by atoms with Crippen LogP contribution in [-0.4, -0.2) is 34.5 Å². The van der Waals surface area contributed by atoms with Crippen molar-refractivity contribution in [1.82, 2.24) is 4.98 Å². The first-order chi connectivity index (χ1) is 9.12. The summed E-state index contributed by atoms with van der Waals surface area (Å²) < 4.78 is 25.2. The molecule has 1 aliphatic rings. The lowest BCUT2D eigenvalue weighted by atomic mass is 9.79. The third-order valence-corrected chi connectivity index (χ3v) is 3.97. The number of pyridine rings is 1. The molecule has 6 heteroatoms. The third kappa shape index (κ3) is 2.87. The van der Waals surface area contributed by atoms with Gasteiger partial charge in [0.1, 0.15) is 0 Å². The first kappa shape index (κ1) is 15.4. The number of hydrogen-bond donors (Lipinski definition) is 1. The predicted molar refractivity (Wildman–Crippen MR) is 75.3 cm³/mol. The number of aliphatic hydroxyl groups is 1. The molecule has 1 N–H and O–H groups in total. The van der Waals surface area contributed by atoms with Gasteiger partial charge in [-0.15, -0.1) is 0 Å². The van der Waals surface area contributed by atoms with Crippen LogP contribution in [0.4, 0.5) is 4.39 Å². The molecule has 2 heterocycles. The summed E-state index contributed by atoms with van der Waals surface area (Å²) in [7, 11) is -0.718. The van der Waals surface area contributed by atoms with E-state index in [1.165, 1.54) is 6.07 Å². The van der Waals surface area contributed by atoms with Crippen LogP contribution >= 0.6 is 0 Å². The lowest BCUT2D eigenvalue weighted by Crippen LogP contribution is -2.41. The molecule has 0 bridgehead atoms. The Kier molecular flexibility index (Phi) is 3.93. The van der Waals surface area contributed by atoms with Gasteiger partial charge in [0.15, 0.2) is 0 Å². The fourth-order valence-electron chi connectivity index (χ4n) is 2.13. The first-order valence-corrected chi connectivity index (χ1v) is 6.81. The Bertz CT molecular complexity index is 489. The van der Waals surface area contributed by atoms with E-state index < -0.39 is 30.4 Å². The number of halogens is 1. The molecule has 0 spiro atoms. The quantitative estimate of drug-likeness (QED) is 0.673. The first-order valence-electron chi connectivity index (χ1n) is 6.81. The molecule has 0 aliphatic carbocycles. The number of rotatable bonds is 3. The summed E-state index contributed by atoms with van der Waals surface area (Å²) in [6.07, 6.45) is -0.157. The molecule has 1 aliphatic heterocycles. The van der Waals surface area contributed by atoms with Crippen LogP contribution in [0.5, 0.6) is 0 Å². The molecule has 1 saturated heterocycles. The Balaban J connectivity index is 2.36. The highest BCUT2D eigenvalue weighted by Gasteiger charge is 2.53. The average molecular weight is 281 g/mol. The second-order valence-electron chi connectivity index (χ2n) is 6.32. The standard InChI is InChI=1S/C14H21BFNO3/c1-9(18)8-10-6-7-11(16)17-12(10)15-19-13(2,3)14(4,5)20-15/h6-7,9,18H,8H2,1-5H3. The molecular weight excluding hydrogens is 260 g/mol. The molecule has 1 atom stereocenters. The van der Waals surface area contributed by atoms with Crippen LogP contribution in [0.3, 0.4) is 0 Å². The van der Waals surface area contributed by atoms with Crippen LogP contribution in [0.1, 0.15) is 40.2 Å². The molecule has 110 valence electrons. The van der Waals surface area contributed by atoms with Crippen LogP contribution in [0.15, 0.2) is 12.1 Å². The SMILES string of the molecule is CC(O)Cc1ccc(F)nc1B1OC(C)(C)C(C)(C)O1. The number of nitrogens with zero attached hydrogens (tertiary/aromatic N) is 1. The van der Waals surface area contributed by atoms with E-state index in [2.05, 4.69) is 4.98 Å². The molecule has 0 saturated carbocycles. The molecule has 1 aromatic heterocycles. The summed E-state index contributed by atoms with van der Waals surface area (Å²) in [4.78, 5) is 3.91. The van der Waals surface area contributed by atoms with E-state index in [0.717, 1.165) is 5.56 Å². The van der Waals surface area contributed by atoms with E-state index >= 15 is 0 Å². The Hall–Kier alpha value is -0.975. The zero-order valence-electron chi connectivity index (χ0n) is 12.6. The Morgan fingerprint density at radius 3 is 2.30 bits per heavy atom. The van der Waals surface area contributed by atoms with E-state index in [4.69, 9.17) is 9.31 Å². The van der Waals surface area contributed by atoms with Gasteiger partial charge in [0.25, 0.3) is 0 Å². The summed E-state index contributed by atoms with van der Waals surface area (Å²) >= 11 is 0. The van der Waals surface area contributed by atoms with E-state index in [9.17, 15) is 9.50 Å². The van der Waals surface area contributed by atoms with Crippen molar-refractivity contribution in [3.63, 3.8) is 0 Å². The van der Waals surface area contributed by atoms with Gasteiger partial charge in [0, 0.05) is 0 Å². The largest absolute Gasteiger partial charge is 0.514 e. The fraction of sp³-hybridized carbons (Fsp3) is 0.643. The number of aromatic nitrogens is 1. The molecule has 4 nitrogen and oxygen atoms in total. The van der Waals surface area contributed by atoms with Gasteiger partial charge in [-0.2, -0.15) is 4.39 Å². The summed E-state index contributed by atoms with van der Waals surface area (Å²) in [6.45, 7) is 9.40. The monoisotopic (exact) mass is 281 g/mol. The second-order valence-corrected chi connectivity index (χ2v) is 6.32. The molecule has 0 amide bonds. The number of hydrogen-bond acceptors (Lipinski definition) is 4. The zero-order valence-corrected chi connectivity index (χ0v) is 12.6. The normalized spacial score (nSPS) is 22.1. The second kappa shape index (κ2) is 5.09. The molecular formula is C14H21BFNO3. The maximum absolute atomic E-state index is 13.4. The van der Waals surface area contributed by atoms with Gasteiger partial charge in [0.05, 0.1) is 22.9 Å². The molecule has 1 unspecified atom stereocenters. The highest BCUT2D eigenvalue weighted by Crippen LogP contribution is 2.36. The van der Waals surface area contributed by atoms with Crippen molar-refractivity contribution in [2.24, 2.45) is 0 Å². The highest BCUT2D eigenvalue weighted by molar-refractivity contribution is 6.61. The van der Waals surface area contributed by atoms with Crippen molar-refractivity contribution in [2.45, 2.75) is 58.3 Å². The smallest absolute Gasteiger partial charge is 0.398 e. The predicted octanol–water partition coefficient (Wildman–Crippen LogP) is 1.44. The Morgan fingerprint density at radius 2 is 1.80 bits per heavy atom. The van der Waals surface area contributed by atoms with Crippen molar-refractivity contribution in [3.8, 4) is 0 Å². The highest BCUT2D eigenvalue weighted by atomic mass is 19.1. The summed E-state index contributed by atoms with van der Waals surface area (Å²) in [6, 6.07) is 2.90. The minimum Gasteiger partial charge on any atom is -0.398 e. The number of aliphatic hydroxyl groups excluding tert-OH is 1. The van der Waals surface area contributed by atoms with Crippen molar-refractivity contribution in [1.29, 1.82) is 0 Å². The lowest BCUT2D eigenvalue weighted by molar-refractivity contribution is 0.00578. The molecule has 0 radical (unpaired) electrons. The minimum atomic E-state index is -0.718. The van der Waals surface area contributed by atoms with Gasteiger partial charge in [0.2, 0.25) is 5.95 Å². The van der Waals surface area contributed by atoms with Gasteiger partial charge in [-0.1, -0.05) is 6.07 Å². The molecule has 1 aromatic rings. The van der Waals surface area contributed by atoms with Crippen LogP contribution in [0.25, 0.3) is 0 Å². The van der Waals surface area contributed by atoms with Crippen LogP contribution in [0, 0.1) is 5.95 Å². The molecule has 2 rings (SSSR count). The van der Waals surface area contributed by atoms with E-state index in [1.807, 2.05) is 27.7 Å². The van der Waals surface area contributed by atoms with Gasteiger partial charge in [-0.25, -0.2) is 4.98 Å². The van der Waals surface area contributed by atoms with Crippen LogP contribution < -0.4 is 5.59 Å². The van der Waals surface area contributed by atoms with Crippen molar-refractivity contribution >= 4 is 12.7 Å². The van der Waals surface area contributed by atoms with Gasteiger partial charge in [-0.05, 0) is 52.7 Å². The van der Waals surface area contributed by atoms with Gasteiger partial charge in [-0.3, -0.25) is 0 Å². The van der Waals surface area contributed by atoms with Crippen molar-refractivity contribution in [3.05, 3.63) is 23.6 Å². The van der Waals surface area contributed by atoms with E-state index in [0.29, 0.717) is 12.0 Å². The summed E-state index contributed by atoms with van der Waals surface area (Å²) in [5.41, 5.74) is 0.131. The summed E-state index contributed by atoms with van der Waals surface area (Å²) in [5, 5.41) is 9.54. The lowest BCUT2D eigenvalue weighted by Gasteiger charge is -2.32. The maximum Gasteiger partial charge on any atom is 0.514 e. The topological polar surface area (TPSA) is 51.6 Å². The van der Waals surface area contributed by atoms with Gasteiger partial charge >= 0.3 is 7.12 Å². The Labute approximate surface area is 119 Å². The van der Waals surface area contributed by atoms with Crippen LogP contribution in [0.2, 0.25) is 0 Å². The van der Waals surface area contributed by atoms with E-state index in [-0.39, 0.29) is 0 Å².